The number of hydrogen-bond donors (Lipinski definition) is 2. The molecular formula is C19H19N3O4S. The summed E-state index contributed by atoms with van der Waals surface area (Å²) in [6.07, 6.45) is 0.943. The fourth-order valence-corrected chi connectivity index (χ4v) is 2.84. The lowest BCUT2D eigenvalue weighted by molar-refractivity contribution is -0.137. The molecule has 0 aliphatic rings. The number of ether oxygens (including phenoxy) is 1. The summed E-state index contributed by atoms with van der Waals surface area (Å²) in [6.45, 7) is 8.92. The van der Waals surface area contributed by atoms with Crippen LogP contribution in [0.2, 0.25) is 0 Å². The van der Waals surface area contributed by atoms with Gasteiger partial charge in [-0.2, -0.15) is 0 Å². The topological polar surface area (TPSA) is 97.4 Å². The zero-order valence-electron chi connectivity index (χ0n) is 15.0. The Labute approximate surface area is 160 Å². The van der Waals surface area contributed by atoms with Crippen LogP contribution in [-0.4, -0.2) is 29.9 Å². The molecule has 7 nitrogen and oxygen atoms in total. The molecule has 0 unspecified atom stereocenters. The average molecular weight is 385 g/mol. The molecule has 0 saturated heterocycles. The van der Waals surface area contributed by atoms with Crippen LogP contribution in [-0.2, 0) is 20.7 Å². The quantitative estimate of drug-likeness (QED) is 0.563. The van der Waals surface area contributed by atoms with Gasteiger partial charge in [0, 0.05) is 10.9 Å². The third kappa shape index (κ3) is 5.11. The maximum atomic E-state index is 12.3. The van der Waals surface area contributed by atoms with E-state index in [-0.39, 0.29) is 17.1 Å². The van der Waals surface area contributed by atoms with E-state index in [9.17, 15) is 14.4 Å². The first-order valence-electron chi connectivity index (χ1n) is 7.99. The molecule has 1 aromatic carbocycles. The molecule has 140 valence electrons. The number of thiazole rings is 1. The summed E-state index contributed by atoms with van der Waals surface area (Å²) in [7, 11) is 1.16. The van der Waals surface area contributed by atoms with Gasteiger partial charge >= 0.3 is 5.97 Å². The lowest BCUT2D eigenvalue weighted by Gasteiger charge is -2.09. The normalized spacial score (nSPS) is 10.0. The fraction of sp³-hybridized carbons (Fsp3) is 0.158. The highest BCUT2D eigenvalue weighted by molar-refractivity contribution is 7.13. The molecule has 0 bridgehead atoms. The van der Waals surface area contributed by atoms with Crippen molar-refractivity contribution < 1.29 is 19.1 Å². The molecule has 1 heterocycles. The van der Waals surface area contributed by atoms with Crippen molar-refractivity contribution in [3.8, 4) is 10.6 Å². The molecule has 0 radical (unpaired) electrons. The van der Waals surface area contributed by atoms with Crippen LogP contribution in [0.5, 0.6) is 0 Å². The van der Waals surface area contributed by atoms with Crippen LogP contribution in [0.4, 0.5) is 0 Å². The Kier molecular flexibility index (Phi) is 6.62. The number of carbonyl (C=O) groups excluding carboxylic acids is 3. The van der Waals surface area contributed by atoms with Gasteiger partial charge in [-0.1, -0.05) is 44.3 Å². The Morgan fingerprint density at radius 3 is 2.37 bits per heavy atom. The molecule has 0 saturated carbocycles. The number of nitrogens with zero attached hydrogens (tertiary/aromatic N) is 1. The van der Waals surface area contributed by atoms with Crippen molar-refractivity contribution in [3.63, 3.8) is 0 Å². The molecule has 1 aromatic heterocycles. The second kappa shape index (κ2) is 8.91. The summed E-state index contributed by atoms with van der Waals surface area (Å²) in [6, 6.07) is 7.92. The fourth-order valence-electron chi connectivity index (χ4n) is 2.04. The van der Waals surface area contributed by atoms with Gasteiger partial charge in [-0.25, -0.2) is 9.78 Å². The summed E-state index contributed by atoms with van der Waals surface area (Å²) in [5.41, 5.74) is 1.78. The lowest BCUT2D eigenvalue weighted by Crippen LogP contribution is -2.35. The van der Waals surface area contributed by atoms with Crippen LogP contribution >= 0.6 is 11.3 Å². The number of nitrogens with one attached hydrogen (secondary N) is 2. The van der Waals surface area contributed by atoms with Gasteiger partial charge in [0.15, 0.2) is 0 Å². The van der Waals surface area contributed by atoms with Crippen LogP contribution < -0.4 is 10.6 Å². The van der Waals surface area contributed by atoms with Gasteiger partial charge in [0.05, 0.1) is 12.8 Å². The predicted octanol–water partition coefficient (Wildman–Crippen LogP) is 2.42. The van der Waals surface area contributed by atoms with Crippen molar-refractivity contribution in [3.05, 3.63) is 65.5 Å². The van der Waals surface area contributed by atoms with Crippen LogP contribution in [0.1, 0.15) is 23.0 Å². The standard InChI is InChI=1S/C19H19N3O4S/c1-5-13-6-8-14(9-7-13)18-22-15(10-27-18)17(24)20-11(2)16(23)21-12(3)19(25)26-4/h6-10H,2-3,5H2,1,4H3,(H,20,24)(H,21,23). The number of rotatable bonds is 7. The monoisotopic (exact) mass is 385 g/mol. The molecule has 2 amide bonds. The third-order valence-corrected chi connectivity index (χ3v) is 4.47. The summed E-state index contributed by atoms with van der Waals surface area (Å²) in [5, 5.41) is 6.82. The number of esters is 1. The van der Waals surface area contributed by atoms with E-state index in [1.165, 1.54) is 16.9 Å². The first-order chi connectivity index (χ1) is 12.8. The number of aromatic nitrogens is 1. The van der Waals surface area contributed by atoms with Crippen molar-refractivity contribution in [2.45, 2.75) is 13.3 Å². The molecule has 2 rings (SSSR count). The van der Waals surface area contributed by atoms with E-state index >= 15 is 0 Å². The van der Waals surface area contributed by atoms with Crippen LogP contribution in [0.25, 0.3) is 10.6 Å². The highest BCUT2D eigenvalue weighted by Crippen LogP contribution is 2.24. The number of carbonyl (C=O) groups is 3. The molecule has 0 aliphatic heterocycles. The summed E-state index contributed by atoms with van der Waals surface area (Å²) < 4.78 is 4.42. The molecular weight excluding hydrogens is 366 g/mol. The molecule has 0 fully saturated rings. The van der Waals surface area contributed by atoms with Crippen molar-refractivity contribution >= 4 is 29.1 Å². The van der Waals surface area contributed by atoms with Crippen LogP contribution in [0, 0.1) is 0 Å². The van der Waals surface area contributed by atoms with Gasteiger partial charge < -0.3 is 15.4 Å². The van der Waals surface area contributed by atoms with E-state index in [2.05, 4.69) is 40.4 Å². The molecule has 0 spiro atoms. The number of benzene rings is 1. The van der Waals surface area contributed by atoms with Crippen molar-refractivity contribution in [1.82, 2.24) is 15.6 Å². The molecule has 2 aromatic rings. The Hall–Kier alpha value is -3.26. The van der Waals surface area contributed by atoms with Gasteiger partial charge in [-0.05, 0) is 12.0 Å². The summed E-state index contributed by atoms with van der Waals surface area (Å²) >= 11 is 1.32. The second-order valence-corrected chi connectivity index (χ2v) is 6.30. The van der Waals surface area contributed by atoms with Gasteiger partial charge in [-0.15, -0.1) is 11.3 Å². The van der Waals surface area contributed by atoms with Crippen molar-refractivity contribution in [1.29, 1.82) is 0 Å². The van der Waals surface area contributed by atoms with Crippen LogP contribution in [0.15, 0.2) is 54.2 Å². The number of hydrogen-bond acceptors (Lipinski definition) is 6. The first kappa shape index (κ1) is 20.1. The zero-order chi connectivity index (χ0) is 20.0. The van der Waals surface area contributed by atoms with E-state index < -0.39 is 17.8 Å². The predicted molar refractivity (Wildman–Crippen MR) is 103 cm³/mol. The molecule has 0 aliphatic carbocycles. The second-order valence-electron chi connectivity index (χ2n) is 5.45. The minimum atomic E-state index is -0.791. The summed E-state index contributed by atoms with van der Waals surface area (Å²) in [4.78, 5) is 39.7. The molecule has 2 N–H and O–H groups in total. The molecule has 8 heteroatoms. The van der Waals surface area contributed by atoms with E-state index in [0.717, 1.165) is 19.1 Å². The third-order valence-electron chi connectivity index (χ3n) is 3.58. The maximum Gasteiger partial charge on any atom is 0.353 e. The maximum absolute atomic E-state index is 12.3. The Morgan fingerprint density at radius 1 is 1.11 bits per heavy atom. The smallest absolute Gasteiger partial charge is 0.353 e. The minimum absolute atomic E-state index is 0.162. The van der Waals surface area contributed by atoms with E-state index in [1.54, 1.807) is 5.38 Å². The highest BCUT2D eigenvalue weighted by Gasteiger charge is 2.18. The minimum Gasteiger partial charge on any atom is -0.464 e. The Bertz CT molecular complexity index is 900. The zero-order valence-corrected chi connectivity index (χ0v) is 15.8. The van der Waals surface area contributed by atoms with Gasteiger partial charge in [0.25, 0.3) is 11.8 Å². The largest absolute Gasteiger partial charge is 0.464 e. The average Bonchev–Trinajstić information content (AvgIpc) is 3.17. The molecule has 27 heavy (non-hydrogen) atoms. The van der Waals surface area contributed by atoms with Gasteiger partial charge in [-0.3, -0.25) is 9.59 Å². The number of methoxy groups -OCH3 is 1. The van der Waals surface area contributed by atoms with E-state index in [0.29, 0.717) is 5.01 Å². The number of amides is 2. The lowest BCUT2D eigenvalue weighted by atomic mass is 10.1. The molecule has 0 atom stereocenters. The summed E-state index contributed by atoms with van der Waals surface area (Å²) in [5.74, 6) is -2.14. The highest BCUT2D eigenvalue weighted by atomic mass is 32.1. The van der Waals surface area contributed by atoms with Crippen molar-refractivity contribution in [2.24, 2.45) is 0 Å². The van der Waals surface area contributed by atoms with Crippen molar-refractivity contribution in [2.75, 3.05) is 7.11 Å². The number of aryl methyl sites for hydroxylation is 1. The van der Waals surface area contributed by atoms with Gasteiger partial charge in [0.1, 0.15) is 16.4 Å². The Morgan fingerprint density at radius 2 is 1.78 bits per heavy atom. The van der Waals surface area contributed by atoms with E-state index in [4.69, 9.17) is 0 Å². The first-order valence-corrected chi connectivity index (χ1v) is 8.87. The SMILES string of the molecule is C=C(NC(=O)c1csc(-c2ccc(CC)cc2)n1)C(=O)NC(=C)C(=O)OC. The van der Waals surface area contributed by atoms with E-state index in [1.807, 2.05) is 24.3 Å². The van der Waals surface area contributed by atoms with Crippen LogP contribution in [0.3, 0.4) is 0 Å². The van der Waals surface area contributed by atoms with Gasteiger partial charge in [0.2, 0.25) is 0 Å². The Balaban J connectivity index is 2.00.